The number of fused-ring (bicyclic) bond motifs is 4. The van der Waals surface area contributed by atoms with Crippen molar-refractivity contribution in [3.8, 4) is 16.9 Å². The fourth-order valence-corrected chi connectivity index (χ4v) is 6.14. The first-order valence-corrected chi connectivity index (χ1v) is 12.5. The molecule has 5 heterocycles. The van der Waals surface area contributed by atoms with Gasteiger partial charge >= 0.3 is 0 Å². The normalized spacial score (nSPS) is 19.0. The number of carbonyl (C=O) groups excluding carboxylic acids is 1. The van der Waals surface area contributed by atoms with Gasteiger partial charge in [-0.05, 0) is 43.2 Å². The van der Waals surface area contributed by atoms with Crippen LogP contribution in [0.3, 0.4) is 0 Å². The number of hydrogen-bond acceptors (Lipinski definition) is 5. The molecule has 7 rings (SSSR count). The molecule has 3 aromatic heterocycles. The summed E-state index contributed by atoms with van der Waals surface area (Å²) >= 11 is 0. The fraction of sp³-hybridized carbons (Fsp3) is 0.286. The molecule has 5 aromatic rings. The Morgan fingerprint density at radius 3 is 2.62 bits per heavy atom. The van der Waals surface area contributed by atoms with Gasteiger partial charge in [0.05, 0.1) is 35.0 Å². The Morgan fingerprint density at radius 2 is 1.89 bits per heavy atom. The van der Waals surface area contributed by atoms with Gasteiger partial charge in [0.15, 0.2) is 0 Å². The maximum atomic E-state index is 15.3. The molecule has 2 aliphatic heterocycles. The molecular weight excluding hydrogens is 469 g/mol. The molecule has 2 atom stereocenters. The lowest BCUT2D eigenvalue weighted by Gasteiger charge is -2.34. The second-order valence-electron chi connectivity index (χ2n) is 10.1. The number of likely N-dealkylation sites (tertiary alicyclic amines) is 1. The molecular formula is C28H26FN7O. The van der Waals surface area contributed by atoms with Crippen LogP contribution in [0.25, 0.3) is 38.8 Å². The van der Waals surface area contributed by atoms with E-state index in [9.17, 15) is 4.79 Å². The number of piperazine rings is 1. The van der Waals surface area contributed by atoms with E-state index in [-0.39, 0.29) is 17.8 Å². The van der Waals surface area contributed by atoms with Crippen molar-refractivity contribution >= 4 is 33.5 Å². The number of pyridine rings is 1. The Morgan fingerprint density at radius 1 is 1.03 bits per heavy atom. The van der Waals surface area contributed by atoms with Gasteiger partial charge in [0.25, 0.3) is 0 Å². The van der Waals surface area contributed by atoms with Crippen LogP contribution in [0.5, 0.6) is 0 Å². The number of para-hydroxylation sites is 1. The predicted octanol–water partition coefficient (Wildman–Crippen LogP) is 4.23. The monoisotopic (exact) mass is 495 g/mol. The molecule has 0 radical (unpaired) electrons. The van der Waals surface area contributed by atoms with E-state index in [1.54, 1.807) is 17.7 Å². The second-order valence-corrected chi connectivity index (χ2v) is 10.1. The molecule has 0 N–H and O–H groups in total. The number of aromatic nitrogens is 5. The minimum Gasteiger partial charge on any atom is -0.350 e. The molecule has 2 aromatic carbocycles. The molecule has 2 aliphatic rings. The zero-order chi connectivity index (χ0) is 25.4. The Labute approximate surface area is 212 Å². The van der Waals surface area contributed by atoms with E-state index in [0.717, 1.165) is 58.4 Å². The molecule has 0 spiro atoms. The van der Waals surface area contributed by atoms with Crippen LogP contribution < -0.4 is 4.90 Å². The highest BCUT2D eigenvalue weighted by molar-refractivity contribution is 6.03. The minimum atomic E-state index is -0.328. The van der Waals surface area contributed by atoms with Crippen LogP contribution in [-0.4, -0.2) is 60.5 Å². The largest absolute Gasteiger partial charge is 0.350 e. The van der Waals surface area contributed by atoms with Gasteiger partial charge in [0, 0.05) is 49.6 Å². The average molecular weight is 496 g/mol. The highest BCUT2D eigenvalue weighted by Gasteiger charge is 2.44. The summed E-state index contributed by atoms with van der Waals surface area (Å²) in [6.45, 7) is 5.23. The molecule has 2 fully saturated rings. The predicted molar refractivity (Wildman–Crippen MR) is 140 cm³/mol. The molecule has 0 aliphatic carbocycles. The van der Waals surface area contributed by atoms with Crippen LogP contribution >= 0.6 is 0 Å². The third kappa shape index (κ3) is 3.26. The maximum Gasteiger partial charge on any atom is 0.219 e. The second kappa shape index (κ2) is 7.86. The van der Waals surface area contributed by atoms with Crippen molar-refractivity contribution in [3.05, 3.63) is 66.2 Å². The van der Waals surface area contributed by atoms with Crippen molar-refractivity contribution in [2.45, 2.75) is 32.4 Å². The first kappa shape index (κ1) is 22.0. The molecule has 37 heavy (non-hydrogen) atoms. The lowest BCUT2D eigenvalue weighted by Crippen LogP contribution is -2.48. The highest BCUT2D eigenvalue weighted by atomic mass is 19.1. The number of carbonyl (C=O) groups is 1. The van der Waals surface area contributed by atoms with Crippen LogP contribution in [0.2, 0.25) is 0 Å². The molecule has 0 saturated carbocycles. The van der Waals surface area contributed by atoms with E-state index in [1.165, 1.54) is 6.07 Å². The van der Waals surface area contributed by atoms with Crippen molar-refractivity contribution < 1.29 is 9.18 Å². The molecule has 1 amide bonds. The summed E-state index contributed by atoms with van der Waals surface area (Å²) in [6, 6.07) is 13.7. The highest BCUT2D eigenvalue weighted by Crippen LogP contribution is 2.38. The van der Waals surface area contributed by atoms with Gasteiger partial charge in [0.1, 0.15) is 17.3 Å². The third-order valence-electron chi connectivity index (χ3n) is 7.81. The summed E-state index contributed by atoms with van der Waals surface area (Å²) in [5.41, 5.74) is 4.53. The summed E-state index contributed by atoms with van der Waals surface area (Å²) in [5, 5.41) is 11.0. The zero-order valence-electron chi connectivity index (χ0n) is 20.9. The Hall–Kier alpha value is -4.27. The van der Waals surface area contributed by atoms with Crippen molar-refractivity contribution in [2.24, 2.45) is 7.05 Å². The Balaban J connectivity index is 1.31. The summed E-state index contributed by atoms with van der Waals surface area (Å²) in [5.74, 6) is 0.718. The van der Waals surface area contributed by atoms with Crippen LogP contribution in [0.15, 0.2) is 54.9 Å². The van der Waals surface area contributed by atoms with Crippen LogP contribution in [0.1, 0.15) is 18.9 Å². The average Bonchev–Trinajstić information content (AvgIpc) is 3.66. The summed E-state index contributed by atoms with van der Waals surface area (Å²) < 4.78 is 18.9. The van der Waals surface area contributed by atoms with Gasteiger partial charge in [0.2, 0.25) is 5.91 Å². The standard InChI is InChI=1S/C28H26FN7O/c1-16-5-4-6-21-27(26-22-15-33(3)31-24(22)9-8-23(26)29)32-36(28(16)21)18-7-10-25(30-12-18)35-14-19-11-20(35)13-34(19)17(2)37/h4-10,12,15,19-20H,11,13-14H2,1-3H3/t19-,20-/m0/s1. The first-order chi connectivity index (χ1) is 17.9. The summed E-state index contributed by atoms with van der Waals surface area (Å²) in [4.78, 5) is 20.9. The lowest BCUT2D eigenvalue weighted by atomic mass is 10.0. The first-order valence-electron chi connectivity index (χ1n) is 12.5. The van der Waals surface area contributed by atoms with Crippen molar-refractivity contribution in [3.63, 3.8) is 0 Å². The number of hydrogen-bond donors (Lipinski definition) is 0. The maximum absolute atomic E-state index is 15.3. The summed E-state index contributed by atoms with van der Waals surface area (Å²) in [7, 11) is 1.83. The number of rotatable bonds is 3. The van der Waals surface area contributed by atoms with Gasteiger partial charge in [-0.1, -0.05) is 18.2 Å². The molecule has 2 bridgehead atoms. The SMILES string of the molecule is CC(=O)N1C[C@@H]2C[C@H]1CN2c1ccc(-n2nc(-c3c(F)ccc4nn(C)cc34)c3cccc(C)c32)cn1. The van der Waals surface area contributed by atoms with E-state index < -0.39 is 0 Å². The van der Waals surface area contributed by atoms with Gasteiger partial charge in [-0.3, -0.25) is 9.48 Å². The van der Waals surface area contributed by atoms with E-state index >= 15 is 4.39 Å². The summed E-state index contributed by atoms with van der Waals surface area (Å²) in [6.07, 6.45) is 4.65. The van der Waals surface area contributed by atoms with Crippen LogP contribution in [0, 0.1) is 12.7 Å². The molecule has 186 valence electrons. The number of nitrogens with zero attached hydrogens (tertiary/aromatic N) is 7. The van der Waals surface area contributed by atoms with Gasteiger partial charge in [-0.15, -0.1) is 0 Å². The van der Waals surface area contributed by atoms with Crippen LogP contribution in [0.4, 0.5) is 10.2 Å². The number of anilines is 1. The zero-order valence-corrected chi connectivity index (χ0v) is 20.9. The van der Waals surface area contributed by atoms with Crippen molar-refractivity contribution in [1.82, 2.24) is 29.4 Å². The number of halogens is 1. The Bertz CT molecular complexity index is 1700. The number of amides is 1. The smallest absolute Gasteiger partial charge is 0.219 e. The molecule has 9 heteroatoms. The molecule has 2 saturated heterocycles. The third-order valence-corrected chi connectivity index (χ3v) is 7.81. The Kier molecular flexibility index (Phi) is 4.67. The van der Waals surface area contributed by atoms with Gasteiger partial charge < -0.3 is 9.80 Å². The quantitative estimate of drug-likeness (QED) is 0.375. The van der Waals surface area contributed by atoms with E-state index in [2.05, 4.69) is 10.00 Å². The number of benzene rings is 2. The van der Waals surface area contributed by atoms with Gasteiger partial charge in [-0.2, -0.15) is 10.2 Å². The topological polar surface area (TPSA) is 72.1 Å². The molecule has 8 nitrogen and oxygen atoms in total. The van der Waals surface area contributed by atoms with E-state index in [1.807, 2.05) is 66.3 Å². The molecule has 0 unspecified atom stereocenters. The number of aryl methyl sites for hydroxylation is 2. The van der Waals surface area contributed by atoms with Crippen molar-refractivity contribution in [1.29, 1.82) is 0 Å². The van der Waals surface area contributed by atoms with E-state index in [4.69, 9.17) is 10.1 Å². The van der Waals surface area contributed by atoms with E-state index in [0.29, 0.717) is 17.3 Å². The fourth-order valence-electron chi connectivity index (χ4n) is 6.14. The van der Waals surface area contributed by atoms with Crippen LogP contribution in [-0.2, 0) is 11.8 Å². The van der Waals surface area contributed by atoms with Crippen molar-refractivity contribution in [2.75, 3.05) is 18.0 Å². The van der Waals surface area contributed by atoms with Gasteiger partial charge in [-0.25, -0.2) is 14.1 Å². The lowest BCUT2D eigenvalue weighted by molar-refractivity contribution is -0.129. The minimum absolute atomic E-state index is 0.144.